The molecule has 0 fully saturated rings. The van der Waals surface area contributed by atoms with Gasteiger partial charge in [0.05, 0.1) is 6.04 Å². The van der Waals surface area contributed by atoms with E-state index in [1.54, 1.807) is 0 Å². The summed E-state index contributed by atoms with van der Waals surface area (Å²) in [7, 11) is 0. The number of para-hydroxylation sites is 1. The first-order valence-corrected chi connectivity index (χ1v) is 9.40. The van der Waals surface area contributed by atoms with Crippen LogP contribution in [0.5, 0.6) is 0 Å². The third-order valence-corrected chi connectivity index (χ3v) is 4.95. The van der Waals surface area contributed by atoms with Crippen molar-refractivity contribution in [2.75, 3.05) is 5.32 Å². The molecular formula is C22H26N2O2. The van der Waals surface area contributed by atoms with Gasteiger partial charge < -0.3 is 10.6 Å². The first-order chi connectivity index (χ1) is 12.7. The maximum Gasteiger partial charge on any atom is 0.227 e. The van der Waals surface area contributed by atoms with Crippen LogP contribution in [0.25, 0.3) is 0 Å². The monoisotopic (exact) mass is 350 g/mol. The van der Waals surface area contributed by atoms with E-state index in [0.29, 0.717) is 19.3 Å². The zero-order valence-electron chi connectivity index (χ0n) is 15.2. The van der Waals surface area contributed by atoms with Crippen LogP contribution >= 0.6 is 0 Å². The molecule has 26 heavy (non-hydrogen) atoms. The van der Waals surface area contributed by atoms with E-state index in [9.17, 15) is 9.59 Å². The highest BCUT2D eigenvalue weighted by Gasteiger charge is 2.26. The fourth-order valence-electron chi connectivity index (χ4n) is 3.51. The molecular weight excluding hydrogens is 324 g/mol. The fourth-order valence-corrected chi connectivity index (χ4v) is 3.51. The standard InChI is InChI=1S/C22H26N2O2/c1-2-8-19(16-9-4-3-5-10-16)23-21(25)14-13-18-15-17-11-6-7-12-20(17)24-22(18)26/h3-7,9-12,18-19H,2,8,13-15H2,1H3,(H,23,25)(H,24,26). The van der Waals surface area contributed by atoms with Crippen molar-refractivity contribution in [1.29, 1.82) is 0 Å². The van der Waals surface area contributed by atoms with Crippen molar-refractivity contribution in [1.82, 2.24) is 5.32 Å². The molecule has 0 radical (unpaired) electrons. The Kier molecular flexibility index (Phi) is 6.05. The predicted molar refractivity (Wildman–Crippen MR) is 104 cm³/mol. The van der Waals surface area contributed by atoms with E-state index < -0.39 is 0 Å². The normalized spacial score (nSPS) is 17.1. The first-order valence-electron chi connectivity index (χ1n) is 9.40. The molecule has 0 bridgehead atoms. The summed E-state index contributed by atoms with van der Waals surface area (Å²) >= 11 is 0. The lowest BCUT2D eigenvalue weighted by Gasteiger charge is -2.25. The fraction of sp³-hybridized carbons (Fsp3) is 0.364. The van der Waals surface area contributed by atoms with E-state index in [1.165, 1.54) is 0 Å². The van der Waals surface area contributed by atoms with Crippen molar-refractivity contribution in [2.24, 2.45) is 5.92 Å². The van der Waals surface area contributed by atoms with E-state index in [-0.39, 0.29) is 23.8 Å². The Bertz CT molecular complexity index is 758. The molecule has 1 aliphatic heterocycles. The van der Waals surface area contributed by atoms with Crippen LogP contribution in [0.1, 0.15) is 49.8 Å². The number of carbonyl (C=O) groups is 2. The molecule has 0 saturated carbocycles. The highest BCUT2D eigenvalue weighted by Crippen LogP contribution is 2.27. The van der Waals surface area contributed by atoms with Crippen LogP contribution in [-0.2, 0) is 16.0 Å². The first kappa shape index (κ1) is 18.2. The molecule has 2 aromatic carbocycles. The number of nitrogens with one attached hydrogen (secondary N) is 2. The van der Waals surface area contributed by atoms with Crippen molar-refractivity contribution in [2.45, 2.75) is 45.1 Å². The van der Waals surface area contributed by atoms with Gasteiger partial charge in [0, 0.05) is 18.0 Å². The molecule has 0 spiro atoms. The van der Waals surface area contributed by atoms with E-state index in [0.717, 1.165) is 29.7 Å². The van der Waals surface area contributed by atoms with Gasteiger partial charge >= 0.3 is 0 Å². The number of amides is 2. The number of carbonyl (C=O) groups excluding carboxylic acids is 2. The largest absolute Gasteiger partial charge is 0.349 e. The van der Waals surface area contributed by atoms with Gasteiger partial charge in [0.2, 0.25) is 11.8 Å². The minimum absolute atomic E-state index is 0.0129. The number of fused-ring (bicyclic) bond motifs is 1. The van der Waals surface area contributed by atoms with Gasteiger partial charge in [-0.2, -0.15) is 0 Å². The molecule has 0 aromatic heterocycles. The molecule has 2 unspecified atom stereocenters. The average Bonchev–Trinajstić information content (AvgIpc) is 2.66. The quantitative estimate of drug-likeness (QED) is 0.785. The zero-order chi connectivity index (χ0) is 18.4. The lowest BCUT2D eigenvalue weighted by molar-refractivity contribution is -0.123. The van der Waals surface area contributed by atoms with Crippen LogP contribution in [0.2, 0.25) is 0 Å². The molecule has 2 atom stereocenters. The molecule has 4 heteroatoms. The van der Waals surface area contributed by atoms with Gasteiger partial charge in [-0.3, -0.25) is 9.59 Å². The zero-order valence-corrected chi connectivity index (χ0v) is 15.2. The van der Waals surface area contributed by atoms with Crippen molar-refractivity contribution in [3.8, 4) is 0 Å². The molecule has 1 aliphatic rings. The summed E-state index contributed by atoms with van der Waals surface area (Å²) in [5, 5.41) is 6.09. The summed E-state index contributed by atoms with van der Waals surface area (Å²) in [4.78, 5) is 24.7. The molecule has 2 amide bonds. The minimum atomic E-state index is -0.142. The van der Waals surface area contributed by atoms with E-state index >= 15 is 0 Å². The third kappa shape index (κ3) is 4.51. The molecule has 1 heterocycles. The molecule has 136 valence electrons. The van der Waals surface area contributed by atoms with Crippen LogP contribution in [0.3, 0.4) is 0 Å². The molecule has 0 aliphatic carbocycles. The van der Waals surface area contributed by atoms with Gasteiger partial charge in [-0.1, -0.05) is 61.9 Å². The number of benzene rings is 2. The molecule has 4 nitrogen and oxygen atoms in total. The summed E-state index contributed by atoms with van der Waals surface area (Å²) in [6.45, 7) is 2.12. The Morgan fingerprint density at radius 1 is 1.15 bits per heavy atom. The van der Waals surface area contributed by atoms with Crippen LogP contribution in [-0.4, -0.2) is 11.8 Å². The van der Waals surface area contributed by atoms with Gasteiger partial charge in [0.1, 0.15) is 0 Å². The van der Waals surface area contributed by atoms with Gasteiger partial charge in [-0.15, -0.1) is 0 Å². The number of anilines is 1. The third-order valence-electron chi connectivity index (χ3n) is 4.95. The van der Waals surface area contributed by atoms with E-state index in [1.807, 2.05) is 54.6 Å². The lowest BCUT2D eigenvalue weighted by atomic mass is 9.89. The van der Waals surface area contributed by atoms with Gasteiger partial charge in [-0.25, -0.2) is 0 Å². The number of hydrogen-bond acceptors (Lipinski definition) is 2. The van der Waals surface area contributed by atoms with Crippen molar-refractivity contribution < 1.29 is 9.59 Å². The predicted octanol–water partition coefficient (Wildman–Crippen LogP) is 4.24. The Morgan fingerprint density at radius 2 is 1.88 bits per heavy atom. The van der Waals surface area contributed by atoms with Crippen LogP contribution in [0.4, 0.5) is 5.69 Å². The molecule has 2 N–H and O–H groups in total. The Morgan fingerprint density at radius 3 is 2.65 bits per heavy atom. The topological polar surface area (TPSA) is 58.2 Å². The summed E-state index contributed by atoms with van der Waals surface area (Å²) in [5.41, 5.74) is 3.17. The molecule has 0 saturated heterocycles. The van der Waals surface area contributed by atoms with Crippen molar-refractivity contribution in [3.05, 3.63) is 65.7 Å². The Hall–Kier alpha value is -2.62. The number of hydrogen-bond donors (Lipinski definition) is 2. The van der Waals surface area contributed by atoms with Gasteiger partial charge in [0.25, 0.3) is 0 Å². The summed E-state index contributed by atoms with van der Waals surface area (Å²) in [6.07, 6.45) is 3.55. The van der Waals surface area contributed by atoms with Crippen molar-refractivity contribution >= 4 is 17.5 Å². The maximum atomic E-state index is 12.5. The maximum absolute atomic E-state index is 12.5. The summed E-state index contributed by atoms with van der Waals surface area (Å²) in [6, 6.07) is 18.0. The van der Waals surface area contributed by atoms with Crippen LogP contribution in [0, 0.1) is 5.92 Å². The molecule has 2 aromatic rings. The van der Waals surface area contributed by atoms with Gasteiger partial charge in [-0.05, 0) is 36.5 Å². The smallest absolute Gasteiger partial charge is 0.227 e. The second kappa shape index (κ2) is 8.65. The van der Waals surface area contributed by atoms with E-state index in [4.69, 9.17) is 0 Å². The highest BCUT2D eigenvalue weighted by atomic mass is 16.2. The Labute approximate surface area is 155 Å². The lowest BCUT2D eigenvalue weighted by Crippen LogP contribution is -2.33. The number of rotatable bonds is 7. The molecule has 3 rings (SSSR count). The SMILES string of the molecule is CCCC(NC(=O)CCC1Cc2ccccc2NC1=O)c1ccccc1. The van der Waals surface area contributed by atoms with Crippen LogP contribution < -0.4 is 10.6 Å². The summed E-state index contributed by atoms with van der Waals surface area (Å²) in [5.74, 6) is -0.111. The minimum Gasteiger partial charge on any atom is -0.349 e. The van der Waals surface area contributed by atoms with Crippen molar-refractivity contribution in [3.63, 3.8) is 0 Å². The highest BCUT2D eigenvalue weighted by molar-refractivity contribution is 5.96. The average molecular weight is 350 g/mol. The second-order valence-electron chi connectivity index (χ2n) is 6.91. The van der Waals surface area contributed by atoms with Gasteiger partial charge in [0.15, 0.2) is 0 Å². The summed E-state index contributed by atoms with van der Waals surface area (Å²) < 4.78 is 0. The second-order valence-corrected chi connectivity index (χ2v) is 6.91. The van der Waals surface area contributed by atoms with Crippen LogP contribution in [0.15, 0.2) is 54.6 Å². The van der Waals surface area contributed by atoms with E-state index in [2.05, 4.69) is 17.6 Å². The Balaban J connectivity index is 1.56.